The van der Waals surface area contributed by atoms with Gasteiger partial charge in [-0.1, -0.05) is 45.9 Å². The number of rotatable bonds is 7. The first-order valence-corrected chi connectivity index (χ1v) is 9.28. The quantitative estimate of drug-likeness (QED) is 0.749. The van der Waals surface area contributed by atoms with Gasteiger partial charge in [0, 0.05) is 13.1 Å². The highest BCUT2D eigenvalue weighted by atomic mass is 16.5. The minimum absolute atomic E-state index is 0.154. The average Bonchev–Trinajstić information content (AvgIpc) is 2.60. The van der Waals surface area contributed by atoms with E-state index in [0.717, 1.165) is 5.56 Å². The van der Waals surface area contributed by atoms with Gasteiger partial charge < -0.3 is 9.64 Å². The van der Waals surface area contributed by atoms with E-state index in [0.29, 0.717) is 30.6 Å². The summed E-state index contributed by atoms with van der Waals surface area (Å²) in [5, 5.41) is 4.40. The van der Waals surface area contributed by atoms with Crippen LogP contribution in [0.5, 0.6) is 5.75 Å². The number of methoxy groups -OCH3 is 1. The maximum absolute atomic E-state index is 13.2. The van der Waals surface area contributed by atoms with Gasteiger partial charge in [0.05, 0.1) is 18.9 Å². The molecule has 0 radical (unpaired) electrons. The highest BCUT2D eigenvalue weighted by Gasteiger charge is 2.25. The highest BCUT2D eigenvalue weighted by molar-refractivity contribution is 5.94. The zero-order chi connectivity index (χ0) is 20.1. The van der Waals surface area contributed by atoms with Crippen molar-refractivity contribution in [3.05, 3.63) is 51.9 Å². The van der Waals surface area contributed by atoms with Gasteiger partial charge in [-0.2, -0.15) is 9.78 Å². The molecule has 0 saturated carbocycles. The number of aromatic nitrogens is 2. The van der Waals surface area contributed by atoms with Crippen LogP contribution in [0.4, 0.5) is 0 Å². The predicted molar refractivity (Wildman–Crippen MR) is 107 cm³/mol. The molecule has 2 rings (SSSR count). The largest absolute Gasteiger partial charge is 0.494 e. The summed E-state index contributed by atoms with van der Waals surface area (Å²) in [7, 11) is 1.45. The number of hydrogen-bond donors (Lipinski definition) is 0. The van der Waals surface area contributed by atoms with E-state index in [1.54, 1.807) is 4.90 Å². The summed E-state index contributed by atoms with van der Waals surface area (Å²) < 4.78 is 6.58. The molecule has 6 heteroatoms. The number of hydrogen-bond acceptors (Lipinski definition) is 4. The second-order valence-electron chi connectivity index (χ2n) is 7.60. The molecule has 2 aromatic rings. The van der Waals surface area contributed by atoms with Gasteiger partial charge in [-0.25, -0.2) is 0 Å². The monoisotopic (exact) mass is 371 g/mol. The van der Waals surface area contributed by atoms with E-state index in [-0.39, 0.29) is 22.9 Å². The van der Waals surface area contributed by atoms with Crippen molar-refractivity contribution in [1.82, 2.24) is 14.7 Å². The molecule has 0 aliphatic carbocycles. The van der Waals surface area contributed by atoms with Gasteiger partial charge in [0.2, 0.25) is 0 Å². The Bertz CT molecular complexity index is 846. The molecule has 0 saturated heterocycles. The Labute approximate surface area is 160 Å². The van der Waals surface area contributed by atoms with Gasteiger partial charge in [-0.15, -0.1) is 0 Å². The van der Waals surface area contributed by atoms with Gasteiger partial charge in [0.25, 0.3) is 11.5 Å². The molecule has 6 nitrogen and oxygen atoms in total. The second kappa shape index (κ2) is 8.84. The molecule has 0 bridgehead atoms. The lowest BCUT2D eigenvalue weighted by molar-refractivity contribution is 0.0703. The Morgan fingerprint density at radius 3 is 2.26 bits per heavy atom. The number of benzene rings is 1. The minimum atomic E-state index is -0.336. The van der Waals surface area contributed by atoms with Crippen molar-refractivity contribution in [2.24, 2.45) is 11.8 Å². The van der Waals surface area contributed by atoms with Crippen molar-refractivity contribution in [2.45, 2.75) is 34.6 Å². The van der Waals surface area contributed by atoms with Gasteiger partial charge in [0.1, 0.15) is 0 Å². The Hall–Kier alpha value is -2.63. The molecule has 0 aliphatic heterocycles. The lowest BCUT2D eigenvalue weighted by Crippen LogP contribution is -2.38. The zero-order valence-corrected chi connectivity index (χ0v) is 17.0. The molecule has 1 aromatic carbocycles. The van der Waals surface area contributed by atoms with Crippen LogP contribution in [0, 0.1) is 18.8 Å². The fourth-order valence-electron chi connectivity index (χ4n) is 2.99. The fourth-order valence-corrected chi connectivity index (χ4v) is 2.99. The van der Waals surface area contributed by atoms with E-state index < -0.39 is 0 Å². The molecule has 1 aromatic heterocycles. The number of ether oxygens (including phenoxy) is 1. The molecule has 1 heterocycles. The van der Waals surface area contributed by atoms with E-state index in [1.807, 2.05) is 31.2 Å². The molecule has 0 N–H and O–H groups in total. The summed E-state index contributed by atoms with van der Waals surface area (Å²) in [5.74, 6) is 0.617. The van der Waals surface area contributed by atoms with Gasteiger partial charge in [0.15, 0.2) is 11.4 Å². The molecule has 27 heavy (non-hydrogen) atoms. The third kappa shape index (κ3) is 4.96. The van der Waals surface area contributed by atoms with Crippen LogP contribution < -0.4 is 10.3 Å². The maximum Gasteiger partial charge on any atom is 0.278 e. The van der Waals surface area contributed by atoms with Crippen LogP contribution in [-0.2, 0) is 0 Å². The SMILES string of the molecule is COc1cc(=O)n(-c2ccccc2C)nc1C(=O)N(CC(C)C)CC(C)C. The summed E-state index contributed by atoms with van der Waals surface area (Å²) in [4.78, 5) is 27.6. The Balaban J connectivity index is 2.57. The number of amides is 1. The third-order valence-electron chi connectivity index (χ3n) is 4.12. The molecular weight excluding hydrogens is 342 g/mol. The molecule has 0 unspecified atom stereocenters. The van der Waals surface area contributed by atoms with Crippen molar-refractivity contribution >= 4 is 5.91 Å². The molecule has 146 valence electrons. The Morgan fingerprint density at radius 1 is 1.15 bits per heavy atom. The van der Waals surface area contributed by atoms with Gasteiger partial charge >= 0.3 is 0 Å². The lowest BCUT2D eigenvalue weighted by atomic mass is 10.1. The van der Waals surface area contributed by atoms with Crippen LogP contribution in [0.1, 0.15) is 43.7 Å². The Kier molecular flexibility index (Phi) is 6.77. The van der Waals surface area contributed by atoms with E-state index in [4.69, 9.17) is 4.74 Å². The van der Waals surface area contributed by atoms with E-state index in [1.165, 1.54) is 17.9 Å². The van der Waals surface area contributed by atoms with Crippen molar-refractivity contribution in [2.75, 3.05) is 20.2 Å². The standard InChI is InChI=1S/C21H29N3O3/c1-14(2)12-23(13-15(3)4)21(26)20-18(27-6)11-19(25)24(22-20)17-10-8-7-9-16(17)5/h7-11,14-15H,12-13H2,1-6H3. The first kappa shape index (κ1) is 20.7. The summed E-state index contributed by atoms with van der Waals surface area (Å²) in [6, 6.07) is 8.78. The molecule has 1 amide bonds. The minimum Gasteiger partial charge on any atom is -0.494 e. The van der Waals surface area contributed by atoms with Crippen molar-refractivity contribution in [1.29, 1.82) is 0 Å². The first-order valence-electron chi connectivity index (χ1n) is 9.28. The Morgan fingerprint density at radius 2 is 1.74 bits per heavy atom. The third-order valence-corrected chi connectivity index (χ3v) is 4.12. The topological polar surface area (TPSA) is 64.4 Å². The number of aryl methyl sites for hydroxylation is 1. The van der Waals surface area contributed by atoms with Gasteiger partial charge in [-0.3, -0.25) is 9.59 Å². The smallest absolute Gasteiger partial charge is 0.278 e. The molecule has 0 aliphatic rings. The normalized spacial score (nSPS) is 11.1. The molecule has 0 spiro atoms. The summed E-state index contributed by atoms with van der Waals surface area (Å²) >= 11 is 0. The fraction of sp³-hybridized carbons (Fsp3) is 0.476. The second-order valence-corrected chi connectivity index (χ2v) is 7.60. The van der Waals surface area contributed by atoms with Crippen LogP contribution in [0.2, 0.25) is 0 Å². The van der Waals surface area contributed by atoms with Crippen LogP contribution in [0.15, 0.2) is 35.1 Å². The summed E-state index contributed by atoms with van der Waals surface area (Å²) in [6.07, 6.45) is 0. The highest BCUT2D eigenvalue weighted by Crippen LogP contribution is 2.19. The van der Waals surface area contributed by atoms with Crippen LogP contribution in [-0.4, -0.2) is 40.8 Å². The van der Waals surface area contributed by atoms with Crippen LogP contribution in [0.3, 0.4) is 0 Å². The average molecular weight is 371 g/mol. The van der Waals surface area contributed by atoms with E-state index >= 15 is 0 Å². The van der Waals surface area contributed by atoms with Crippen molar-refractivity contribution in [3.63, 3.8) is 0 Å². The van der Waals surface area contributed by atoms with Crippen molar-refractivity contribution in [3.8, 4) is 11.4 Å². The van der Waals surface area contributed by atoms with Crippen LogP contribution >= 0.6 is 0 Å². The van der Waals surface area contributed by atoms with Gasteiger partial charge in [-0.05, 0) is 30.4 Å². The number of para-hydroxylation sites is 1. The molecule has 0 atom stereocenters. The van der Waals surface area contributed by atoms with E-state index in [2.05, 4.69) is 32.8 Å². The molecule has 0 fully saturated rings. The summed E-state index contributed by atoms with van der Waals surface area (Å²) in [6.45, 7) is 11.4. The van der Waals surface area contributed by atoms with Crippen molar-refractivity contribution < 1.29 is 9.53 Å². The first-order chi connectivity index (χ1) is 12.7. The lowest BCUT2D eigenvalue weighted by Gasteiger charge is -2.26. The zero-order valence-electron chi connectivity index (χ0n) is 17.0. The number of carbonyl (C=O) groups excluding carboxylic acids is 1. The van der Waals surface area contributed by atoms with Crippen LogP contribution in [0.25, 0.3) is 5.69 Å². The summed E-state index contributed by atoms with van der Waals surface area (Å²) in [5.41, 5.74) is 1.37. The number of carbonyl (C=O) groups is 1. The number of nitrogens with zero attached hydrogens (tertiary/aromatic N) is 3. The molecular formula is C21H29N3O3. The predicted octanol–water partition coefficient (Wildman–Crippen LogP) is 3.30. The maximum atomic E-state index is 13.2. The van der Waals surface area contributed by atoms with E-state index in [9.17, 15) is 9.59 Å².